The highest BCUT2D eigenvalue weighted by atomic mass is 32.2. The lowest BCUT2D eigenvalue weighted by Crippen LogP contribution is -2.02. The fourth-order valence-electron chi connectivity index (χ4n) is 1.77. The Morgan fingerprint density at radius 2 is 1.18 bits per heavy atom. The lowest BCUT2D eigenvalue weighted by atomic mass is 10.1. The van der Waals surface area contributed by atoms with Gasteiger partial charge in [-0.05, 0) is 24.3 Å². The number of unbranched alkanes of at least 4 members (excludes halogenated alkanes) is 2. The Labute approximate surface area is 138 Å². The van der Waals surface area contributed by atoms with Crippen molar-refractivity contribution in [2.75, 3.05) is 11.5 Å². The van der Waals surface area contributed by atoms with Gasteiger partial charge in [0.25, 0.3) is 0 Å². The average Bonchev–Trinajstić information content (AvgIpc) is 2.53. The van der Waals surface area contributed by atoms with Crippen LogP contribution in [0, 0.1) is 34.3 Å². The molecule has 0 spiro atoms. The summed E-state index contributed by atoms with van der Waals surface area (Å²) >= 11 is 2.21. The number of nitrogens with zero attached hydrogens (tertiary/aromatic N) is 2. The predicted octanol–water partition coefficient (Wildman–Crippen LogP) is 5.49. The van der Waals surface area contributed by atoms with Crippen LogP contribution in [-0.4, -0.2) is 11.5 Å². The van der Waals surface area contributed by atoms with Gasteiger partial charge in [-0.3, -0.25) is 0 Å². The van der Waals surface area contributed by atoms with Crippen LogP contribution in [-0.2, 0) is 0 Å². The molecule has 0 fully saturated rings. The van der Waals surface area contributed by atoms with Gasteiger partial charge >= 0.3 is 0 Å². The molecule has 6 heteroatoms. The third-order valence-electron chi connectivity index (χ3n) is 3.01. The van der Waals surface area contributed by atoms with Gasteiger partial charge in [-0.2, -0.15) is 10.5 Å². The van der Waals surface area contributed by atoms with Gasteiger partial charge in [0.1, 0.15) is 12.1 Å². The SMILES string of the molecule is CCCCSc1c(F)c(F)c(SCCCC)c(C#N)c1C#N. The van der Waals surface area contributed by atoms with Gasteiger partial charge in [0.15, 0.2) is 11.6 Å². The Balaban J connectivity index is 3.29. The van der Waals surface area contributed by atoms with Crippen LogP contribution < -0.4 is 0 Å². The molecule has 0 radical (unpaired) electrons. The van der Waals surface area contributed by atoms with Crippen molar-refractivity contribution in [3.8, 4) is 12.1 Å². The van der Waals surface area contributed by atoms with E-state index >= 15 is 0 Å². The molecular formula is C16H18F2N2S2. The molecule has 22 heavy (non-hydrogen) atoms. The maximum Gasteiger partial charge on any atom is 0.174 e. The smallest absolute Gasteiger partial charge is 0.174 e. The Hall–Kier alpha value is -1.24. The van der Waals surface area contributed by atoms with Gasteiger partial charge in [-0.1, -0.05) is 26.7 Å². The van der Waals surface area contributed by atoms with E-state index in [0.29, 0.717) is 11.5 Å². The summed E-state index contributed by atoms with van der Waals surface area (Å²) in [6.07, 6.45) is 3.53. The molecule has 1 aromatic carbocycles. The molecule has 0 aliphatic rings. The highest BCUT2D eigenvalue weighted by Gasteiger charge is 2.25. The quantitative estimate of drug-likeness (QED) is 0.463. The first kappa shape index (κ1) is 18.8. The van der Waals surface area contributed by atoms with E-state index in [2.05, 4.69) is 0 Å². The fraction of sp³-hybridized carbons (Fsp3) is 0.500. The van der Waals surface area contributed by atoms with Crippen LogP contribution in [0.1, 0.15) is 50.7 Å². The molecule has 0 atom stereocenters. The third kappa shape index (κ3) is 4.38. The normalized spacial score (nSPS) is 10.3. The number of hydrogen-bond acceptors (Lipinski definition) is 4. The van der Waals surface area contributed by atoms with Gasteiger partial charge in [-0.25, -0.2) is 8.78 Å². The topological polar surface area (TPSA) is 47.6 Å². The van der Waals surface area contributed by atoms with Crippen molar-refractivity contribution in [1.29, 1.82) is 10.5 Å². The Morgan fingerprint density at radius 3 is 1.45 bits per heavy atom. The summed E-state index contributed by atoms with van der Waals surface area (Å²) in [5.74, 6) is -0.824. The van der Waals surface area contributed by atoms with Crippen molar-refractivity contribution in [2.24, 2.45) is 0 Å². The van der Waals surface area contributed by atoms with Crippen LogP contribution in [0.3, 0.4) is 0 Å². The van der Waals surface area contributed by atoms with E-state index in [1.165, 1.54) is 0 Å². The van der Waals surface area contributed by atoms with Crippen LogP contribution in [0.5, 0.6) is 0 Å². The van der Waals surface area contributed by atoms with Gasteiger partial charge in [0.2, 0.25) is 0 Å². The summed E-state index contributed by atoms with van der Waals surface area (Å²) in [4.78, 5) is -0.0744. The highest BCUT2D eigenvalue weighted by molar-refractivity contribution is 7.99. The summed E-state index contributed by atoms with van der Waals surface area (Å²) in [6, 6.07) is 3.76. The van der Waals surface area contributed by atoms with E-state index in [1.54, 1.807) is 0 Å². The van der Waals surface area contributed by atoms with E-state index in [1.807, 2.05) is 26.0 Å². The van der Waals surface area contributed by atoms with E-state index < -0.39 is 11.6 Å². The zero-order valence-electron chi connectivity index (χ0n) is 12.7. The number of hydrogen-bond donors (Lipinski definition) is 0. The Kier molecular flexibility index (Phi) is 8.30. The predicted molar refractivity (Wildman–Crippen MR) is 87.1 cm³/mol. The second-order valence-electron chi connectivity index (χ2n) is 4.66. The van der Waals surface area contributed by atoms with Crippen molar-refractivity contribution >= 4 is 23.5 Å². The maximum atomic E-state index is 14.3. The molecule has 0 aliphatic heterocycles. The summed E-state index contributed by atoms with van der Waals surface area (Å²) in [5.41, 5.74) is -0.0806. The molecule has 0 saturated heterocycles. The fourth-order valence-corrected chi connectivity index (χ4v) is 4.06. The molecule has 1 rings (SSSR count). The maximum absolute atomic E-state index is 14.3. The molecule has 0 heterocycles. The number of rotatable bonds is 8. The van der Waals surface area contributed by atoms with Crippen LogP contribution in [0.15, 0.2) is 9.79 Å². The molecule has 0 aromatic heterocycles. The first-order chi connectivity index (χ1) is 10.6. The zero-order chi connectivity index (χ0) is 16.5. The van der Waals surface area contributed by atoms with Crippen molar-refractivity contribution in [3.05, 3.63) is 22.8 Å². The molecular weight excluding hydrogens is 322 g/mol. The van der Waals surface area contributed by atoms with E-state index in [4.69, 9.17) is 0 Å². The molecule has 0 bridgehead atoms. The van der Waals surface area contributed by atoms with Crippen molar-refractivity contribution < 1.29 is 8.78 Å². The van der Waals surface area contributed by atoms with Gasteiger partial charge in [0.05, 0.1) is 20.9 Å². The van der Waals surface area contributed by atoms with Crippen LogP contribution >= 0.6 is 23.5 Å². The molecule has 0 saturated carbocycles. The van der Waals surface area contributed by atoms with Crippen LogP contribution in [0.2, 0.25) is 0 Å². The molecule has 2 nitrogen and oxygen atoms in total. The summed E-state index contributed by atoms with van der Waals surface area (Å²) in [7, 11) is 0. The number of benzene rings is 1. The largest absolute Gasteiger partial charge is 0.202 e. The standard InChI is InChI=1S/C16H18F2N2S2/c1-3-5-7-21-15-11(9-19)12(10-20)16(14(18)13(15)17)22-8-6-4-2/h3-8H2,1-2H3. The van der Waals surface area contributed by atoms with E-state index in [9.17, 15) is 19.3 Å². The average molecular weight is 340 g/mol. The summed E-state index contributed by atoms with van der Waals surface area (Å²) in [6.45, 7) is 3.99. The summed E-state index contributed by atoms with van der Waals surface area (Å²) in [5, 5.41) is 18.6. The van der Waals surface area contributed by atoms with Crippen LogP contribution in [0.25, 0.3) is 0 Å². The molecule has 118 valence electrons. The highest BCUT2D eigenvalue weighted by Crippen LogP contribution is 2.37. The minimum Gasteiger partial charge on any atom is -0.202 e. The number of thioether (sulfide) groups is 2. The zero-order valence-corrected chi connectivity index (χ0v) is 14.3. The lowest BCUT2D eigenvalue weighted by Gasteiger charge is -2.12. The Morgan fingerprint density at radius 1 is 0.818 bits per heavy atom. The van der Waals surface area contributed by atoms with Crippen molar-refractivity contribution in [1.82, 2.24) is 0 Å². The van der Waals surface area contributed by atoms with Crippen molar-refractivity contribution in [2.45, 2.75) is 49.3 Å². The Bertz CT molecular complexity index is 551. The minimum absolute atomic E-state index is 0.0372. The molecule has 0 amide bonds. The lowest BCUT2D eigenvalue weighted by molar-refractivity contribution is 0.473. The second-order valence-corrected chi connectivity index (χ2v) is 6.87. The first-order valence-corrected chi connectivity index (χ1v) is 9.20. The van der Waals surface area contributed by atoms with Gasteiger partial charge < -0.3 is 0 Å². The van der Waals surface area contributed by atoms with Crippen LogP contribution in [0.4, 0.5) is 8.78 Å². The molecule has 0 N–H and O–H groups in total. The van der Waals surface area contributed by atoms with Gasteiger partial charge in [-0.15, -0.1) is 23.5 Å². The first-order valence-electron chi connectivity index (χ1n) is 7.22. The third-order valence-corrected chi connectivity index (χ3v) is 5.34. The van der Waals surface area contributed by atoms with Gasteiger partial charge in [0, 0.05) is 0 Å². The molecule has 1 aromatic rings. The second kappa shape index (κ2) is 9.71. The minimum atomic E-state index is -1.00. The van der Waals surface area contributed by atoms with E-state index in [0.717, 1.165) is 49.2 Å². The monoisotopic (exact) mass is 340 g/mol. The summed E-state index contributed by atoms with van der Waals surface area (Å²) < 4.78 is 28.6. The molecule has 0 aliphatic carbocycles. The number of nitriles is 2. The van der Waals surface area contributed by atoms with Crippen molar-refractivity contribution in [3.63, 3.8) is 0 Å². The van der Waals surface area contributed by atoms with E-state index in [-0.39, 0.29) is 20.9 Å². The molecule has 0 unspecified atom stereocenters. The number of halogens is 2.